The Morgan fingerprint density at radius 1 is 1.11 bits per heavy atom. The Morgan fingerprint density at radius 3 is 2.32 bits per heavy atom. The third kappa shape index (κ3) is 6.74. The Hall–Kier alpha value is -3.54. The molecule has 0 fully saturated rings. The number of anilines is 2. The number of hydrogen-bond acceptors (Lipinski definition) is 8. The minimum Gasteiger partial charge on any atom is -0.434 e. The van der Waals surface area contributed by atoms with E-state index in [4.69, 9.17) is 0 Å². The number of carbonyl (C=O) groups excluding carboxylic acids is 1. The lowest BCUT2D eigenvalue weighted by Crippen LogP contribution is -2.44. The first-order chi connectivity index (χ1) is 20.2. The number of sulfonamides is 2. The number of halogens is 4. The summed E-state index contributed by atoms with van der Waals surface area (Å²) in [6.45, 7) is 8.05. The molecule has 3 aromatic rings. The van der Waals surface area contributed by atoms with Crippen LogP contribution in [0.3, 0.4) is 0 Å². The number of carbonyl (C=O) groups is 1. The molecule has 2 heterocycles. The number of benzene rings is 2. The zero-order chi connectivity index (χ0) is 32.8. The second-order valence-corrected chi connectivity index (χ2v) is 15.5. The molecule has 0 radical (unpaired) electrons. The van der Waals surface area contributed by atoms with Crippen LogP contribution in [-0.4, -0.2) is 52.8 Å². The summed E-state index contributed by atoms with van der Waals surface area (Å²) >= 11 is 0.983. The van der Waals surface area contributed by atoms with Crippen LogP contribution in [0.1, 0.15) is 30.1 Å². The predicted molar refractivity (Wildman–Crippen MR) is 157 cm³/mol. The predicted octanol–water partition coefficient (Wildman–Crippen LogP) is 5.61. The maximum Gasteiger partial charge on any atom is 0.427 e. The van der Waals surface area contributed by atoms with Crippen LogP contribution in [-0.2, 0) is 24.8 Å². The number of nitrogens with zero attached hydrogens (tertiary/aromatic N) is 2. The summed E-state index contributed by atoms with van der Waals surface area (Å²) < 4.78 is 115. The van der Waals surface area contributed by atoms with E-state index in [9.17, 15) is 39.2 Å². The average molecular weight is 677 g/mol. The van der Waals surface area contributed by atoms with Crippen molar-refractivity contribution in [2.24, 2.45) is 5.92 Å². The van der Waals surface area contributed by atoms with E-state index in [0.29, 0.717) is 30.1 Å². The van der Waals surface area contributed by atoms with Crippen molar-refractivity contribution in [3.05, 3.63) is 71.1 Å². The van der Waals surface area contributed by atoms with Gasteiger partial charge in [0.25, 0.3) is 20.0 Å². The summed E-state index contributed by atoms with van der Waals surface area (Å²) in [4.78, 5) is 16.2. The SMILES string of the molecule is C=C1c2ccc(NC(=O)OC(C)(C)C(F)(F)F)cc2N(S(=O)(=O)c2ccc(F)cc2)C[C@@H]1CNS(=O)(=O)c1sc(C)nc1C. The number of ether oxygens (including phenoxy) is 1. The number of aromatic nitrogens is 1. The fraction of sp³-hybridized carbons (Fsp3) is 0.333. The highest BCUT2D eigenvalue weighted by atomic mass is 32.2. The van der Waals surface area contributed by atoms with Gasteiger partial charge in [-0.3, -0.25) is 9.62 Å². The van der Waals surface area contributed by atoms with E-state index < -0.39 is 49.7 Å². The van der Waals surface area contributed by atoms with Crippen molar-refractivity contribution in [2.45, 2.75) is 48.6 Å². The molecule has 0 aliphatic carbocycles. The molecule has 44 heavy (non-hydrogen) atoms. The van der Waals surface area contributed by atoms with Gasteiger partial charge in [-0.05, 0) is 69.7 Å². The number of aryl methyl sites for hydroxylation is 2. The summed E-state index contributed by atoms with van der Waals surface area (Å²) in [7, 11) is -8.42. The molecule has 4 rings (SSSR count). The normalized spacial score (nSPS) is 16.0. The number of amides is 1. The van der Waals surface area contributed by atoms with Crippen molar-refractivity contribution in [1.29, 1.82) is 0 Å². The first-order valence-corrected chi connectivity index (χ1v) is 16.6. The van der Waals surface area contributed by atoms with Crippen LogP contribution >= 0.6 is 11.3 Å². The fourth-order valence-corrected chi connectivity index (χ4v) is 8.46. The van der Waals surface area contributed by atoms with Gasteiger partial charge in [-0.25, -0.2) is 35.7 Å². The van der Waals surface area contributed by atoms with Gasteiger partial charge < -0.3 is 4.74 Å². The lowest BCUT2D eigenvalue weighted by molar-refractivity contribution is -0.242. The molecule has 0 spiro atoms. The standard InChI is InChI=1S/C27H28F4N4O6S3/c1-15-18(13-32-43(37,38)24-16(2)33-17(3)42-24)14-35(44(39,40)21-9-6-19(28)7-10-21)23-12-20(8-11-22(15)23)34-25(36)41-26(4,5)27(29,30)31/h6-12,18,32H,1,13-14H2,2-5H3,(H,34,36)/t18-/m0/s1. The van der Waals surface area contributed by atoms with Crippen molar-refractivity contribution in [1.82, 2.24) is 9.71 Å². The molecule has 17 heteroatoms. The molecular formula is C27H28F4N4O6S3. The van der Waals surface area contributed by atoms with E-state index in [1.54, 1.807) is 13.8 Å². The van der Waals surface area contributed by atoms with Crippen LogP contribution in [0.4, 0.5) is 33.7 Å². The van der Waals surface area contributed by atoms with Crippen LogP contribution in [0.5, 0.6) is 0 Å². The van der Waals surface area contributed by atoms with E-state index in [0.717, 1.165) is 39.9 Å². The zero-order valence-electron chi connectivity index (χ0n) is 23.8. The van der Waals surface area contributed by atoms with Gasteiger partial charge in [0.15, 0.2) is 4.21 Å². The zero-order valence-corrected chi connectivity index (χ0v) is 26.3. The van der Waals surface area contributed by atoms with Gasteiger partial charge in [0.05, 0.1) is 21.3 Å². The fourth-order valence-electron chi connectivity index (χ4n) is 4.34. The lowest BCUT2D eigenvalue weighted by Gasteiger charge is -2.37. The lowest BCUT2D eigenvalue weighted by atomic mass is 9.89. The number of fused-ring (bicyclic) bond motifs is 1. The first-order valence-electron chi connectivity index (χ1n) is 12.8. The minimum absolute atomic E-state index is 0.000222. The smallest absolute Gasteiger partial charge is 0.427 e. The van der Waals surface area contributed by atoms with Crippen LogP contribution in [0, 0.1) is 25.6 Å². The van der Waals surface area contributed by atoms with E-state index in [1.165, 1.54) is 18.2 Å². The number of thiazole rings is 1. The minimum atomic E-state index is -4.86. The molecule has 1 aromatic heterocycles. The molecule has 0 bridgehead atoms. The summed E-state index contributed by atoms with van der Waals surface area (Å²) in [5.74, 6) is -1.46. The highest BCUT2D eigenvalue weighted by Gasteiger charge is 2.51. The van der Waals surface area contributed by atoms with Gasteiger partial charge in [-0.2, -0.15) is 13.2 Å². The average Bonchev–Trinajstić information content (AvgIpc) is 3.26. The summed E-state index contributed by atoms with van der Waals surface area (Å²) in [6, 6.07) is 7.94. The molecule has 1 amide bonds. The number of nitrogens with one attached hydrogen (secondary N) is 2. The molecule has 10 nitrogen and oxygen atoms in total. The molecule has 2 aromatic carbocycles. The number of hydrogen-bond donors (Lipinski definition) is 2. The van der Waals surface area contributed by atoms with Crippen LogP contribution in [0.2, 0.25) is 0 Å². The Bertz CT molecular complexity index is 1820. The van der Waals surface area contributed by atoms with Gasteiger partial charge in [0, 0.05) is 30.3 Å². The third-order valence-corrected chi connectivity index (χ3v) is 11.7. The second kappa shape index (κ2) is 11.8. The molecule has 0 saturated heterocycles. The van der Waals surface area contributed by atoms with Gasteiger partial charge in [-0.15, -0.1) is 11.3 Å². The van der Waals surface area contributed by atoms with Gasteiger partial charge in [-0.1, -0.05) is 12.6 Å². The van der Waals surface area contributed by atoms with Crippen LogP contribution in [0.15, 0.2) is 58.1 Å². The maximum absolute atomic E-state index is 13.8. The third-order valence-electron chi connectivity index (χ3n) is 6.79. The van der Waals surface area contributed by atoms with Crippen LogP contribution < -0.4 is 14.3 Å². The van der Waals surface area contributed by atoms with Crippen molar-refractivity contribution in [3.63, 3.8) is 0 Å². The van der Waals surface area contributed by atoms with Crippen molar-refractivity contribution >= 4 is 54.4 Å². The van der Waals surface area contributed by atoms with Crippen molar-refractivity contribution in [2.75, 3.05) is 22.7 Å². The van der Waals surface area contributed by atoms with E-state index >= 15 is 0 Å². The summed E-state index contributed by atoms with van der Waals surface area (Å²) in [6.07, 6.45) is -6.29. The highest BCUT2D eigenvalue weighted by molar-refractivity contribution is 7.93. The summed E-state index contributed by atoms with van der Waals surface area (Å²) in [5, 5.41) is 2.72. The Morgan fingerprint density at radius 2 is 1.75 bits per heavy atom. The Balaban J connectivity index is 1.69. The quantitative estimate of drug-likeness (QED) is 0.297. The molecule has 1 aliphatic heterocycles. The monoisotopic (exact) mass is 676 g/mol. The van der Waals surface area contributed by atoms with Gasteiger partial charge >= 0.3 is 12.3 Å². The maximum atomic E-state index is 13.8. The van der Waals surface area contributed by atoms with Crippen LogP contribution in [0.25, 0.3) is 5.57 Å². The molecule has 238 valence electrons. The Kier molecular flexibility index (Phi) is 8.91. The van der Waals surface area contributed by atoms with Gasteiger partial charge in [0.1, 0.15) is 5.82 Å². The van der Waals surface area contributed by atoms with Crippen molar-refractivity contribution in [3.8, 4) is 0 Å². The molecule has 0 saturated carbocycles. The molecule has 1 aliphatic rings. The molecular weight excluding hydrogens is 649 g/mol. The topological polar surface area (TPSA) is 135 Å². The Labute approximate surface area is 255 Å². The second-order valence-electron chi connectivity index (χ2n) is 10.4. The molecule has 0 unspecified atom stereocenters. The van der Waals surface area contributed by atoms with E-state index in [2.05, 4.69) is 26.3 Å². The van der Waals surface area contributed by atoms with Crippen molar-refractivity contribution < 1.29 is 43.9 Å². The number of rotatable bonds is 8. The molecule has 1 atom stereocenters. The first kappa shape index (κ1) is 33.4. The molecule has 2 N–H and O–H groups in total. The number of alkyl halides is 3. The largest absolute Gasteiger partial charge is 0.434 e. The van der Waals surface area contributed by atoms with E-state index in [1.807, 2.05) is 0 Å². The van der Waals surface area contributed by atoms with E-state index in [-0.39, 0.29) is 39.1 Å². The summed E-state index contributed by atoms with van der Waals surface area (Å²) in [5.41, 5.74) is -1.96. The van der Waals surface area contributed by atoms with Gasteiger partial charge in [0.2, 0.25) is 5.60 Å². The highest BCUT2D eigenvalue weighted by Crippen LogP contribution is 2.42.